The van der Waals surface area contributed by atoms with Gasteiger partial charge < -0.3 is 0 Å². The van der Waals surface area contributed by atoms with E-state index in [0.29, 0.717) is 11.1 Å². The van der Waals surface area contributed by atoms with E-state index in [4.69, 9.17) is 11.6 Å². The summed E-state index contributed by atoms with van der Waals surface area (Å²) >= 11 is 5.59. The van der Waals surface area contributed by atoms with Gasteiger partial charge in [0.2, 0.25) is 0 Å². The van der Waals surface area contributed by atoms with Crippen molar-refractivity contribution >= 4 is 29.1 Å². The summed E-state index contributed by atoms with van der Waals surface area (Å²) in [5, 5.41) is -0.0552. The molecule has 19 heavy (non-hydrogen) atoms. The Bertz CT molecular complexity index is 679. The number of rotatable bonds is 1. The van der Waals surface area contributed by atoms with Gasteiger partial charge in [-0.1, -0.05) is 23.7 Å². The first-order chi connectivity index (χ1) is 9.09. The summed E-state index contributed by atoms with van der Waals surface area (Å²) in [5.41, 5.74) is 0.818. The lowest BCUT2D eigenvalue weighted by Gasteiger charge is -2.14. The number of nitrogens with zero attached hydrogens (tertiary/aromatic N) is 1. The molecule has 0 aromatic heterocycles. The van der Waals surface area contributed by atoms with Crippen molar-refractivity contribution < 1.29 is 14.0 Å². The largest absolute Gasteiger partial charge is 0.268 e. The van der Waals surface area contributed by atoms with Gasteiger partial charge in [0.05, 0.1) is 21.8 Å². The van der Waals surface area contributed by atoms with Gasteiger partial charge in [0.1, 0.15) is 5.82 Å². The average molecular weight is 276 g/mol. The molecule has 0 saturated heterocycles. The zero-order chi connectivity index (χ0) is 13.6. The molecule has 0 aliphatic carbocycles. The summed E-state index contributed by atoms with van der Waals surface area (Å²) in [6.07, 6.45) is 0. The fourth-order valence-electron chi connectivity index (χ4n) is 2.05. The smallest absolute Gasteiger partial charge is 0.266 e. The number of hydrogen-bond acceptors (Lipinski definition) is 2. The van der Waals surface area contributed by atoms with Crippen molar-refractivity contribution in [1.82, 2.24) is 0 Å². The van der Waals surface area contributed by atoms with Crippen LogP contribution in [0.3, 0.4) is 0 Å². The molecule has 0 unspecified atom stereocenters. The van der Waals surface area contributed by atoms with E-state index in [1.807, 2.05) is 0 Å². The molecule has 0 atom stereocenters. The van der Waals surface area contributed by atoms with E-state index >= 15 is 0 Å². The highest BCUT2D eigenvalue weighted by Gasteiger charge is 2.36. The number of imide groups is 1. The molecule has 2 aromatic carbocycles. The molecule has 2 aromatic rings. The molecular formula is C14H7ClFNO2. The van der Waals surface area contributed by atoms with Crippen molar-refractivity contribution in [2.75, 3.05) is 4.90 Å². The third-order valence-corrected chi connectivity index (χ3v) is 3.26. The highest BCUT2D eigenvalue weighted by molar-refractivity contribution is 6.35. The summed E-state index contributed by atoms with van der Waals surface area (Å²) in [5.74, 6) is -1.58. The van der Waals surface area contributed by atoms with Gasteiger partial charge in [-0.05, 0) is 30.3 Å². The van der Waals surface area contributed by atoms with Crippen LogP contribution in [0.4, 0.5) is 10.1 Å². The number of anilines is 1. The molecule has 0 fully saturated rings. The molecule has 2 amide bonds. The van der Waals surface area contributed by atoms with Crippen LogP contribution in [0.2, 0.25) is 5.02 Å². The van der Waals surface area contributed by atoms with Crippen molar-refractivity contribution in [2.45, 2.75) is 0 Å². The second-order valence-electron chi connectivity index (χ2n) is 4.09. The molecule has 94 valence electrons. The zero-order valence-corrected chi connectivity index (χ0v) is 10.3. The predicted octanol–water partition coefficient (Wildman–Crippen LogP) is 3.28. The fraction of sp³-hybridized carbons (Fsp3) is 0. The lowest BCUT2D eigenvalue weighted by Crippen LogP contribution is -2.29. The van der Waals surface area contributed by atoms with Crippen molar-refractivity contribution in [2.24, 2.45) is 0 Å². The maximum absolute atomic E-state index is 13.4. The van der Waals surface area contributed by atoms with E-state index in [9.17, 15) is 14.0 Å². The average Bonchev–Trinajstić information content (AvgIpc) is 2.66. The van der Waals surface area contributed by atoms with Gasteiger partial charge in [0.25, 0.3) is 11.8 Å². The summed E-state index contributed by atoms with van der Waals surface area (Å²) in [6.45, 7) is 0. The van der Waals surface area contributed by atoms with Crippen molar-refractivity contribution in [3.05, 3.63) is 64.4 Å². The van der Waals surface area contributed by atoms with Gasteiger partial charge in [-0.2, -0.15) is 0 Å². The minimum Gasteiger partial charge on any atom is -0.268 e. The van der Waals surface area contributed by atoms with E-state index in [2.05, 4.69) is 0 Å². The van der Waals surface area contributed by atoms with Gasteiger partial charge >= 0.3 is 0 Å². The molecule has 0 N–H and O–H groups in total. The maximum Gasteiger partial charge on any atom is 0.266 e. The summed E-state index contributed by atoms with van der Waals surface area (Å²) in [6, 6.07) is 10.3. The third kappa shape index (κ3) is 1.72. The van der Waals surface area contributed by atoms with E-state index in [-0.39, 0.29) is 10.7 Å². The molecule has 3 rings (SSSR count). The quantitative estimate of drug-likeness (QED) is 0.749. The van der Waals surface area contributed by atoms with E-state index in [1.54, 1.807) is 24.3 Å². The Balaban J connectivity index is 2.11. The van der Waals surface area contributed by atoms with Crippen LogP contribution < -0.4 is 4.90 Å². The number of halogens is 2. The third-order valence-electron chi connectivity index (χ3n) is 2.96. The molecule has 1 heterocycles. The molecule has 5 heteroatoms. The van der Waals surface area contributed by atoms with Gasteiger partial charge in [0.15, 0.2) is 0 Å². The highest BCUT2D eigenvalue weighted by Crippen LogP contribution is 2.30. The van der Waals surface area contributed by atoms with Crippen LogP contribution in [0, 0.1) is 5.82 Å². The van der Waals surface area contributed by atoms with Gasteiger partial charge in [-0.15, -0.1) is 0 Å². The fourth-order valence-corrected chi connectivity index (χ4v) is 2.17. The molecule has 0 radical (unpaired) electrons. The second-order valence-corrected chi connectivity index (χ2v) is 4.50. The van der Waals surface area contributed by atoms with Crippen molar-refractivity contribution in [3.63, 3.8) is 0 Å². The molecule has 0 bridgehead atoms. The minimum absolute atomic E-state index is 0.0552. The van der Waals surface area contributed by atoms with Crippen LogP contribution in [0.5, 0.6) is 0 Å². The van der Waals surface area contributed by atoms with Crippen LogP contribution >= 0.6 is 11.6 Å². The number of fused-ring (bicyclic) bond motifs is 1. The van der Waals surface area contributed by atoms with Crippen molar-refractivity contribution in [3.8, 4) is 0 Å². The predicted molar refractivity (Wildman–Crippen MR) is 69.0 cm³/mol. The topological polar surface area (TPSA) is 37.4 Å². The lowest BCUT2D eigenvalue weighted by atomic mass is 10.1. The van der Waals surface area contributed by atoms with Gasteiger partial charge in [0, 0.05) is 0 Å². The Kier molecular flexibility index (Phi) is 2.61. The Morgan fingerprint density at radius 1 is 0.947 bits per heavy atom. The Morgan fingerprint density at radius 2 is 1.53 bits per heavy atom. The number of hydrogen-bond donors (Lipinski definition) is 0. The molecule has 0 spiro atoms. The Hall–Kier alpha value is -2.20. The number of carbonyl (C=O) groups is 2. The Morgan fingerprint density at radius 3 is 2.05 bits per heavy atom. The van der Waals surface area contributed by atoms with Crippen LogP contribution in [-0.2, 0) is 0 Å². The Labute approximate surface area is 113 Å². The maximum atomic E-state index is 13.4. The SMILES string of the molecule is O=C1c2ccccc2C(=O)N1c1ccc(Cl)c(F)c1. The van der Waals surface area contributed by atoms with Crippen LogP contribution in [0.15, 0.2) is 42.5 Å². The standard InChI is InChI=1S/C14H7ClFNO2/c15-11-6-5-8(7-12(11)16)17-13(18)9-3-1-2-4-10(9)14(17)19/h1-7H. The van der Waals surface area contributed by atoms with Gasteiger partial charge in [-0.25, -0.2) is 9.29 Å². The molecule has 1 aliphatic rings. The first-order valence-electron chi connectivity index (χ1n) is 5.52. The second kappa shape index (κ2) is 4.17. The lowest BCUT2D eigenvalue weighted by molar-refractivity contribution is 0.0926. The van der Waals surface area contributed by atoms with Crippen LogP contribution in [-0.4, -0.2) is 11.8 Å². The number of benzene rings is 2. The van der Waals surface area contributed by atoms with E-state index < -0.39 is 17.6 Å². The van der Waals surface area contributed by atoms with Gasteiger partial charge in [-0.3, -0.25) is 9.59 Å². The molecule has 1 aliphatic heterocycles. The van der Waals surface area contributed by atoms with E-state index in [1.165, 1.54) is 12.1 Å². The van der Waals surface area contributed by atoms with Crippen LogP contribution in [0.25, 0.3) is 0 Å². The number of amides is 2. The summed E-state index contributed by atoms with van der Waals surface area (Å²) < 4.78 is 13.4. The monoisotopic (exact) mass is 275 g/mol. The summed E-state index contributed by atoms with van der Waals surface area (Å²) in [7, 11) is 0. The summed E-state index contributed by atoms with van der Waals surface area (Å²) in [4.78, 5) is 25.3. The first-order valence-corrected chi connectivity index (χ1v) is 5.90. The normalized spacial score (nSPS) is 13.9. The minimum atomic E-state index is -0.671. The molecule has 3 nitrogen and oxygen atoms in total. The number of carbonyl (C=O) groups excluding carboxylic acids is 2. The van der Waals surface area contributed by atoms with Crippen LogP contribution in [0.1, 0.15) is 20.7 Å². The highest BCUT2D eigenvalue weighted by atomic mass is 35.5. The van der Waals surface area contributed by atoms with Crippen molar-refractivity contribution in [1.29, 1.82) is 0 Å². The van der Waals surface area contributed by atoms with E-state index in [0.717, 1.165) is 11.0 Å². The zero-order valence-electron chi connectivity index (χ0n) is 9.56. The molecular weight excluding hydrogens is 269 g/mol. The molecule has 0 saturated carbocycles. The first kappa shape index (κ1) is 11.9.